The van der Waals surface area contributed by atoms with Gasteiger partial charge < -0.3 is 9.80 Å². The molecular weight excluding hydrogens is 260 g/mol. The number of amides is 2. The molecule has 1 fully saturated rings. The molecule has 2 N–H and O–H groups in total. The van der Waals surface area contributed by atoms with E-state index in [-0.39, 0.29) is 18.7 Å². The van der Waals surface area contributed by atoms with Gasteiger partial charge in [0, 0.05) is 46.1 Å². The lowest BCUT2D eigenvalue weighted by molar-refractivity contribution is -0.136. The predicted octanol–water partition coefficient (Wildman–Crippen LogP) is 0.0206. The highest BCUT2D eigenvalue weighted by Crippen LogP contribution is 2.07. The molecule has 0 saturated carbocycles. The van der Waals surface area contributed by atoms with Crippen molar-refractivity contribution in [2.75, 3.05) is 33.2 Å². The van der Waals surface area contributed by atoms with E-state index in [1.165, 1.54) is 5.48 Å². The second-order valence-corrected chi connectivity index (χ2v) is 4.48. The van der Waals surface area contributed by atoms with E-state index in [4.69, 9.17) is 5.21 Å². The van der Waals surface area contributed by atoms with E-state index in [2.05, 4.69) is 9.89 Å². The normalized spacial score (nSPS) is 16.6. The highest BCUT2D eigenvalue weighted by atomic mass is 16.5. The number of amidine groups is 1. The number of hydrogen-bond donors (Lipinski definition) is 2. The van der Waals surface area contributed by atoms with Crippen LogP contribution in [0.4, 0.5) is 0 Å². The molecule has 0 unspecified atom stereocenters. The largest absolute Gasteiger partial charge is 0.353 e. The van der Waals surface area contributed by atoms with Gasteiger partial charge in [-0.25, -0.2) is 5.48 Å². The SMILES string of the molecule is C/C=C\C(=NC)N1CCN(C(=O)CCC(=O)NO)CC1. The standard InChI is InChI=1S/C13H22N4O3/c1-3-4-11(14-2)16-7-9-17(10-8-16)13(19)6-5-12(18)15-20/h3-4,20H,5-10H2,1-2H3,(H,15,18)/b4-3-,14-11?. The lowest BCUT2D eigenvalue weighted by atomic mass is 10.2. The minimum absolute atomic E-state index is 0.00971. The number of allylic oxidation sites excluding steroid dienone is 1. The van der Waals surface area contributed by atoms with Crippen molar-refractivity contribution in [3.05, 3.63) is 12.2 Å². The van der Waals surface area contributed by atoms with Crippen molar-refractivity contribution in [3.8, 4) is 0 Å². The summed E-state index contributed by atoms with van der Waals surface area (Å²) >= 11 is 0. The predicted molar refractivity (Wildman–Crippen MR) is 75.5 cm³/mol. The molecule has 1 heterocycles. The summed E-state index contributed by atoms with van der Waals surface area (Å²) in [6, 6.07) is 0. The first-order valence-electron chi connectivity index (χ1n) is 6.67. The Hall–Kier alpha value is -1.89. The number of hydrogen-bond acceptors (Lipinski definition) is 4. The molecule has 0 aliphatic carbocycles. The van der Waals surface area contributed by atoms with Gasteiger partial charge in [-0.2, -0.15) is 0 Å². The van der Waals surface area contributed by atoms with Crippen molar-refractivity contribution < 1.29 is 14.8 Å². The van der Waals surface area contributed by atoms with Gasteiger partial charge in [0.25, 0.3) is 0 Å². The van der Waals surface area contributed by atoms with Gasteiger partial charge >= 0.3 is 0 Å². The fraction of sp³-hybridized carbons (Fsp3) is 0.615. The Labute approximate surface area is 118 Å². The van der Waals surface area contributed by atoms with E-state index < -0.39 is 5.91 Å². The minimum Gasteiger partial charge on any atom is -0.353 e. The van der Waals surface area contributed by atoms with Crippen LogP contribution in [0, 0.1) is 0 Å². The fourth-order valence-corrected chi connectivity index (χ4v) is 2.09. The second-order valence-electron chi connectivity index (χ2n) is 4.48. The number of carbonyl (C=O) groups excluding carboxylic acids is 2. The molecule has 2 amide bonds. The lowest BCUT2D eigenvalue weighted by Crippen LogP contribution is -2.50. The Bertz CT molecular complexity index is 398. The van der Waals surface area contributed by atoms with E-state index in [0.29, 0.717) is 13.1 Å². The molecule has 1 aliphatic heterocycles. The zero-order valence-corrected chi connectivity index (χ0v) is 12.0. The first-order chi connectivity index (χ1) is 9.62. The van der Waals surface area contributed by atoms with Gasteiger partial charge in [-0.05, 0) is 13.0 Å². The van der Waals surface area contributed by atoms with Crippen LogP contribution in [0.3, 0.4) is 0 Å². The Morgan fingerprint density at radius 3 is 2.30 bits per heavy atom. The maximum Gasteiger partial charge on any atom is 0.243 e. The third kappa shape index (κ3) is 4.65. The van der Waals surface area contributed by atoms with Crippen molar-refractivity contribution >= 4 is 17.6 Å². The fourth-order valence-electron chi connectivity index (χ4n) is 2.09. The number of rotatable bonds is 4. The van der Waals surface area contributed by atoms with Crippen molar-refractivity contribution in [1.29, 1.82) is 0 Å². The van der Waals surface area contributed by atoms with E-state index in [1.54, 1.807) is 11.9 Å². The topological polar surface area (TPSA) is 85.2 Å². The summed E-state index contributed by atoms with van der Waals surface area (Å²) in [7, 11) is 1.75. The van der Waals surface area contributed by atoms with E-state index in [1.807, 2.05) is 19.1 Å². The summed E-state index contributed by atoms with van der Waals surface area (Å²) in [5.74, 6) is 0.319. The Morgan fingerprint density at radius 2 is 1.80 bits per heavy atom. The first-order valence-corrected chi connectivity index (χ1v) is 6.67. The maximum absolute atomic E-state index is 11.9. The Balaban J connectivity index is 2.42. The van der Waals surface area contributed by atoms with E-state index in [9.17, 15) is 9.59 Å². The van der Waals surface area contributed by atoms with Crippen molar-refractivity contribution in [1.82, 2.24) is 15.3 Å². The zero-order chi connectivity index (χ0) is 15.0. The number of hydroxylamine groups is 1. The van der Waals surface area contributed by atoms with Crippen molar-refractivity contribution in [2.45, 2.75) is 19.8 Å². The summed E-state index contributed by atoms with van der Waals surface area (Å²) in [5, 5.41) is 8.38. The van der Waals surface area contributed by atoms with Gasteiger partial charge in [-0.1, -0.05) is 6.08 Å². The summed E-state index contributed by atoms with van der Waals surface area (Å²) in [4.78, 5) is 30.9. The molecule has 0 spiro atoms. The molecule has 0 aromatic rings. The summed E-state index contributed by atoms with van der Waals surface area (Å²) < 4.78 is 0. The summed E-state index contributed by atoms with van der Waals surface area (Å²) in [5.41, 5.74) is 1.53. The van der Waals surface area contributed by atoms with E-state index in [0.717, 1.165) is 18.9 Å². The van der Waals surface area contributed by atoms with Crippen molar-refractivity contribution in [3.63, 3.8) is 0 Å². The molecule has 0 aromatic carbocycles. The molecule has 20 heavy (non-hydrogen) atoms. The molecule has 0 atom stereocenters. The third-order valence-electron chi connectivity index (χ3n) is 3.19. The average Bonchev–Trinajstić information content (AvgIpc) is 2.50. The molecule has 0 radical (unpaired) electrons. The Kier molecular flexibility index (Phi) is 6.72. The molecule has 0 bridgehead atoms. The van der Waals surface area contributed by atoms with Crippen LogP contribution in [0.2, 0.25) is 0 Å². The average molecular weight is 282 g/mol. The van der Waals surface area contributed by atoms with Crippen LogP contribution < -0.4 is 5.48 Å². The second kappa shape index (κ2) is 8.31. The van der Waals surface area contributed by atoms with Crippen LogP contribution in [0.5, 0.6) is 0 Å². The molecule has 7 heteroatoms. The highest BCUT2D eigenvalue weighted by Gasteiger charge is 2.22. The van der Waals surface area contributed by atoms with Crippen LogP contribution >= 0.6 is 0 Å². The maximum atomic E-state index is 11.9. The smallest absolute Gasteiger partial charge is 0.243 e. The molecule has 1 rings (SSSR count). The monoisotopic (exact) mass is 282 g/mol. The van der Waals surface area contributed by atoms with Crippen LogP contribution in [-0.4, -0.2) is 65.9 Å². The number of nitrogens with zero attached hydrogens (tertiary/aromatic N) is 3. The van der Waals surface area contributed by atoms with Gasteiger partial charge in [0.05, 0.1) is 0 Å². The van der Waals surface area contributed by atoms with E-state index >= 15 is 0 Å². The van der Waals surface area contributed by atoms with Crippen LogP contribution in [0.25, 0.3) is 0 Å². The molecule has 7 nitrogen and oxygen atoms in total. The molecular formula is C13H22N4O3. The molecule has 112 valence electrons. The highest BCUT2D eigenvalue weighted by molar-refractivity contribution is 5.93. The summed E-state index contributed by atoms with van der Waals surface area (Å²) in [6.45, 7) is 4.65. The first kappa shape index (κ1) is 16.2. The van der Waals surface area contributed by atoms with Crippen molar-refractivity contribution in [2.24, 2.45) is 4.99 Å². The van der Waals surface area contributed by atoms with Crippen LogP contribution in [0.15, 0.2) is 17.1 Å². The number of aliphatic imine (C=N–C) groups is 1. The molecule has 1 aliphatic rings. The number of piperazine rings is 1. The Morgan fingerprint density at radius 1 is 1.20 bits per heavy atom. The summed E-state index contributed by atoms with van der Waals surface area (Å²) in [6.07, 6.45) is 4.02. The van der Waals surface area contributed by atoms with Gasteiger partial charge in [0.2, 0.25) is 11.8 Å². The molecule has 0 aromatic heterocycles. The van der Waals surface area contributed by atoms with Gasteiger partial charge in [-0.3, -0.25) is 19.8 Å². The number of nitrogens with one attached hydrogen (secondary N) is 1. The minimum atomic E-state index is -0.537. The van der Waals surface area contributed by atoms with Gasteiger partial charge in [0.15, 0.2) is 0 Å². The third-order valence-corrected chi connectivity index (χ3v) is 3.19. The van der Waals surface area contributed by atoms with Crippen LogP contribution in [-0.2, 0) is 9.59 Å². The lowest BCUT2D eigenvalue weighted by Gasteiger charge is -2.35. The quantitative estimate of drug-likeness (QED) is 0.329. The molecule has 1 saturated heterocycles. The van der Waals surface area contributed by atoms with Crippen LogP contribution in [0.1, 0.15) is 19.8 Å². The zero-order valence-electron chi connectivity index (χ0n) is 12.0. The van der Waals surface area contributed by atoms with Gasteiger partial charge in [0.1, 0.15) is 5.84 Å². The van der Waals surface area contributed by atoms with Gasteiger partial charge in [-0.15, -0.1) is 0 Å². The number of carbonyl (C=O) groups is 2.